The van der Waals surface area contributed by atoms with E-state index in [0.29, 0.717) is 0 Å². The van der Waals surface area contributed by atoms with E-state index in [1.807, 2.05) is 17.5 Å². The van der Waals surface area contributed by atoms with Crippen molar-refractivity contribution in [2.75, 3.05) is 0 Å². The van der Waals surface area contributed by atoms with Crippen molar-refractivity contribution in [3.05, 3.63) is 102 Å². The van der Waals surface area contributed by atoms with Crippen molar-refractivity contribution < 1.29 is 4.42 Å². The molecule has 7 aromatic rings. The van der Waals surface area contributed by atoms with Crippen molar-refractivity contribution in [1.29, 1.82) is 0 Å². The minimum Gasteiger partial charge on any atom is -0.455 e. The molecule has 3 heterocycles. The second-order valence-corrected chi connectivity index (χ2v) is 12.5. The van der Waals surface area contributed by atoms with Crippen molar-refractivity contribution in [1.82, 2.24) is 4.98 Å². The molecule has 2 nitrogen and oxygen atoms in total. The zero-order valence-electron chi connectivity index (χ0n) is 22.1. The van der Waals surface area contributed by atoms with Crippen molar-refractivity contribution in [2.24, 2.45) is 5.41 Å². The third kappa shape index (κ3) is 3.81. The van der Waals surface area contributed by atoms with Crippen molar-refractivity contribution in [2.45, 2.75) is 34.1 Å². The van der Waals surface area contributed by atoms with Crippen LogP contribution in [0.25, 0.3) is 64.5 Å². The molecular weight excluding hydrogens is 482 g/mol. The third-order valence-corrected chi connectivity index (χ3v) is 8.79. The number of rotatable bonds is 3. The van der Waals surface area contributed by atoms with Crippen LogP contribution in [0, 0.1) is 12.3 Å². The first-order valence-electron chi connectivity index (χ1n) is 13.2. The number of nitrogens with zero attached hydrogens (tertiary/aromatic N) is 1. The topological polar surface area (TPSA) is 26.0 Å². The first-order chi connectivity index (χ1) is 18.4. The van der Waals surface area contributed by atoms with Gasteiger partial charge in [-0.3, -0.25) is 4.98 Å². The Bertz CT molecular complexity index is 1980. The lowest BCUT2D eigenvalue weighted by atomic mass is 9.88. The van der Waals surface area contributed by atoms with Gasteiger partial charge in [-0.1, -0.05) is 81.4 Å². The molecule has 0 fully saturated rings. The largest absolute Gasteiger partial charge is 0.455 e. The summed E-state index contributed by atoms with van der Waals surface area (Å²) >= 11 is 1.83. The number of para-hydroxylation sites is 1. The molecular formula is C35H29NOS. The standard InChI is InChI=1S/C35H29NOS/c1-21-26-16-17-36-31(34(26)38-33(21)23-14-12-22(13-15-23)20-35(2,3)4)28-11-7-10-27-29-18-24-8-5-6-9-25(24)19-30(29)37-32(27)28/h5-19H,20H2,1-4H3. The maximum absolute atomic E-state index is 6.53. The Labute approximate surface area is 226 Å². The predicted molar refractivity (Wildman–Crippen MR) is 163 cm³/mol. The Kier molecular flexibility index (Phi) is 5.21. The smallest absolute Gasteiger partial charge is 0.144 e. The van der Waals surface area contributed by atoms with Crippen LogP contribution in [0.2, 0.25) is 0 Å². The molecule has 3 heteroatoms. The minimum atomic E-state index is 0.278. The minimum absolute atomic E-state index is 0.278. The van der Waals surface area contributed by atoms with Gasteiger partial charge in [0.25, 0.3) is 0 Å². The van der Waals surface area contributed by atoms with Crippen LogP contribution in [0.1, 0.15) is 31.9 Å². The molecule has 0 spiro atoms. The van der Waals surface area contributed by atoms with Gasteiger partial charge < -0.3 is 4.42 Å². The van der Waals surface area contributed by atoms with E-state index in [-0.39, 0.29) is 5.41 Å². The average Bonchev–Trinajstić information content (AvgIpc) is 3.44. The Hall–Kier alpha value is -3.95. The zero-order chi connectivity index (χ0) is 26.0. The maximum Gasteiger partial charge on any atom is 0.144 e. The van der Waals surface area contributed by atoms with Crippen LogP contribution < -0.4 is 0 Å². The Morgan fingerprint density at radius 2 is 1.55 bits per heavy atom. The third-order valence-electron chi connectivity index (χ3n) is 7.42. The molecule has 0 unspecified atom stereocenters. The molecule has 0 amide bonds. The molecule has 0 aliphatic heterocycles. The summed E-state index contributed by atoms with van der Waals surface area (Å²) in [6, 6.07) is 30.5. The highest BCUT2D eigenvalue weighted by atomic mass is 32.1. The van der Waals surface area contributed by atoms with Crippen LogP contribution in [0.4, 0.5) is 0 Å². The second-order valence-electron chi connectivity index (χ2n) is 11.5. The van der Waals surface area contributed by atoms with Crippen molar-refractivity contribution >= 4 is 54.1 Å². The van der Waals surface area contributed by atoms with E-state index in [1.54, 1.807) is 0 Å². The fraction of sp³-hybridized carbons (Fsp3) is 0.171. The van der Waals surface area contributed by atoms with Crippen LogP contribution in [0.5, 0.6) is 0 Å². The number of hydrogen-bond donors (Lipinski definition) is 0. The lowest BCUT2D eigenvalue weighted by Crippen LogP contribution is -2.08. The average molecular weight is 512 g/mol. The fourth-order valence-electron chi connectivity index (χ4n) is 5.67. The molecule has 0 bridgehead atoms. The van der Waals surface area contributed by atoms with Crippen molar-refractivity contribution in [3.63, 3.8) is 0 Å². The van der Waals surface area contributed by atoms with E-state index in [0.717, 1.165) is 39.6 Å². The summed E-state index contributed by atoms with van der Waals surface area (Å²) in [7, 11) is 0. The molecule has 186 valence electrons. The van der Waals surface area contributed by atoms with E-state index in [9.17, 15) is 0 Å². The molecule has 0 saturated carbocycles. The summed E-state index contributed by atoms with van der Waals surface area (Å²) in [6.45, 7) is 9.09. The van der Waals surface area contributed by atoms with E-state index >= 15 is 0 Å². The predicted octanol–water partition coefficient (Wildman–Crippen LogP) is 10.6. The monoisotopic (exact) mass is 511 g/mol. The summed E-state index contributed by atoms with van der Waals surface area (Å²) in [5.74, 6) is 0. The SMILES string of the molecule is Cc1c(-c2ccc(CC(C)(C)C)cc2)sc2c(-c3cccc4c3oc3cc5ccccc5cc34)nccc12. The Morgan fingerprint density at radius 1 is 0.789 bits per heavy atom. The quantitative estimate of drug-likeness (QED) is 0.236. The number of furan rings is 1. The summed E-state index contributed by atoms with van der Waals surface area (Å²) < 4.78 is 7.74. The summed E-state index contributed by atoms with van der Waals surface area (Å²) in [4.78, 5) is 6.21. The van der Waals surface area contributed by atoms with E-state index in [1.165, 1.54) is 42.4 Å². The second kappa shape index (κ2) is 8.54. The Morgan fingerprint density at radius 3 is 2.32 bits per heavy atom. The van der Waals surface area contributed by atoms with Gasteiger partial charge in [-0.05, 0) is 75.9 Å². The van der Waals surface area contributed by atoms with Crippen LogP contribution >= 0.6 is 11.3 Å². The maximum atomic E-state index is 6.53. The first kappa shape index (κ1) is 23.2. The number of benzene rings is 4. The van der Waals surface area contributed by atoms with Gasteiger partial charge >= 0.3 is 0 Å². The molecule has 0 atom stereocenters. The van der Waals surface area contributed by atoms with Gasteiger partial charge in [-0.25, -0.2) is 0 Å². The molecule has 4 aromatic carbocycles. The molecule has 7 rings (SSSR count). The highest BCUT2D eigenvalue weighted by molar-refractivity contribution is 7.23. The molecule has 0 N–H and O–H groups in total. The number of aryl methyl sites for hydroxylation is 1. The van der Waals surface area contributed by atoms with E-state index in [2.05, 4.69) is 113 Å². The van der Waals surface area contributed by atoms with Gasteiger partial charge in [0.2, 0.25) is 0 Å². The van der Waals surface area contributed by atoms with Gasteiger partial charge in [0.15, 0.2) is 0 Å². The molecule has 0 radical (unpaired) electrons. The Balaban J connectivity index is 1.39. The zero-order valence-corrected chi connectivity index (χ0v) is 22.9. The molecule has 3 aromatic heterocycles. The fourth-order valence-corrected chi connectivity index (χ4v) is 6.98. The molecule has 0 aliphatic carbocycles. The summed E-state index contributed by atoms with van der Waals surface area (Å²) in [5.41, 5.74) is 8.07. The molecule has 0 aliphatic rings. The van der Waals surface area contributed by atoms with Crippen LogP contribution in [-0.2, 0) is 6.42 Å². The number of thiophene rings is 1. The van der Waals surface area contributed by atoms with Gasteiger partial charge in [0, 0.05) is 27.4 Å². The first-order valence-corrected chi connectivity index (χ1v) is 14.0. The molecule has 38 heavy (non-hydrogen) atoms. The normalized spacial score (nSPS) is 12.3. The number of pyridine rings is 1. The van der Waals surface area contributed by atoms with Gasteiger partial charge in [-0.2, -0.15) is 0 Å². The van der Waals surface area contributed by atoms with Crippen LogP contribution in [0.15, 0.2) is 95.5 Å². The molecule has 0 saturated heterocycles. The summed E-state index contributed by atoms with van der Waals surface area (Å²) in [5, 5.41) is 5.94. The van der Waals surface area contributed by atoms with E-state index < -0.39 is 0 Å². The lowest BCUT2D eigenvalue weighted by Gasteiger charge is -2.18. The van der Waals surface area contributed by atoms with Gasteiger partial charge in [-0.15, -0.1) is 11.3 Å². The van der Waals surface area contributed by atoms with Gasteiger partial charge in [0.05, 0.1) is 10.4 Å². The van der Waals surface area contributed by atoms with Crippen LogP contribution in [0.3, 0.4) is 0 Å². The summed E-state index contributed by atoms with van der Waals surface area (Å²) in [6.07, 6.45) is 3.01. The number of fused-ring (bicyclic) bond motifs is 5. The lowest BCUT2D eigenvalue weighted by molar-refractivity contribution is 0.411. The highest BCUT2D eigenvalue weighted by Gasteiger charge is 2.19. The highest BCUT2D eigenvalue weighted by Crippen LogP contribution is 2.44. The van der Waals surface area contributed by atoms with Crippen LogP contribution in [-0.4, -0.2) is 4.98 Å². The number of hydrogen-bond acceptors (Lipinski definition) is 3. The van der Waals surface area contributed by atoms with Gasteiger partial charge in [0.1, 0.15) is 11.2 Å². The van der Waals surface area contributed by atoms with E-state index in [4.69, 9.17) is 9.40 Å². The van der Waals surface area contributed by atoms with Crippen molar-refractivity contribution in [3.8, 4) is 21.7 Å². The number of aromatic nitrogens is 1.